The topological polar surface area (TPSA) is 20.2 Å². The normalized spacial score (nSPS) is 12.9. The number of rotatable bonds is 3. The quantitative estimate of drug-likeness (QED) is 0.727. The van der Waals surface area contributed by atoms with Gasteiger partial charge in [0.05, 0.1) is 0 Å². The molecule has 1 nitrogen and oxygen atoms in total. The van der Waals surface area contributed by atoms with Crippen LogP contribution in [0.15, 0.2) is 24.3 Å². The third kappa shape index (κ3) is 2.08. The van der Waals surface area contributed by atoms with E-state index in [4.69, 9.17) is 5.11 Å². The van der Waals surface area contributed by atoms with E-state index < -0.39 is 0 Å². The van der Waals surface area contributed by atoms with Crippen LogP contribution in [0.4, 0.5) is 0 Å². The summed E-state index contributed by atoms with van der Waals surface area (Å²) >= 11 is 0. The lowest BCUT2D eigenvalue weighted by Crippen LogP contribution is -2.02. The maximum Gasteiger partial charge on any atom is 0.0499 e. The van der Waals surface area contributed by atoms with E-state index in [-0.39, 0.29) is 6.61 Å². The number of aryl methyl sites for hydroxylation is 1. The van der Waals surface area contributed by atoms with Crippen LogP contribution < -0.4 is 0 Å². The van der Waals surface area contributed by atoms with Gasteiger partial charge in [0.15, 0.2) is 0 Å². The zero-order valence-corrected chi connectivity index (χ0v) is 7.75. The highest BCUT2D eigenvalue weighted by Gasteiger charge is 2.06. The molecule has 0 aliphatic carbocycles. The van der Waals surface area contributed by atoms with Gasteiger partial charge in [-0.1, -0.05) is 36.8 Å². The third-order valence-electron chi connectivity index (χ3n) is 2.23. The molecule has 1 N–H and O–H groups in total. The number of benzene rings is 1. The highest BCUT2D eigenvalue weighted by Crippen LogP contribution is 2.19. The summed E-state index contributed by atoms with van der Waals surface area (Å²) in [6, 6.07) is 8.35. The van der Waals surface area contributed by atoms with E-state index in [1.807, 2.05) is 6.07 Å². The molecule has 12 heavy (non-hydrogen) atoms. The minimum atomic E-state index is 0.250. The predicted octanol–water partition coefficient (Wildman–Crippen LogP) is 2.48. The van der Waals surface area contributed by atoms with E-state index >= 15 is 0 Å². The summed E-state index contributed by atoms with van der Waals surface area (Å²) in [7, 11) is 0. The molecule has 0 bridgehead atoms. The Morgan fingerprint density at radius 2 is 2.17 bits per heavy atom. The maximum atomic E-state index is 9.07. The summed E-state index contributed by atoms with van der Waals surface area (Å²) in [6.45, 7) is 4.43. The van der Waals surface area contributed by atoms with Crippen molar-refractivity contribution in [2.75, 3.05) is 6.61 Å². The van der Waals surface area contributed by atoms with E-state index in [2.05, 4.69) is 32.0 Å². The smallest absolute Gasteiger partial charge is 0.0499 e. The van der Waals surface area contributed by atoms with Gasteiger partial charge >= 0.3 is 0 Å². The van der Waals surface area contributed by atoms with Crippen LogP contribution in [-0.2, 0) is 0 Å². The zero-order valence-electron chi connectivity index (χ0n) is 7.75. The first-order chi connectivity index (χ1) is 5.77. The van der Waals surface area contributed by atoms with Crippen molar-refractivity contribution < 1.29 is 5.11 Å². The van der Waals surface area contributed by atoms with Gasteiger partial charge in [0.25, 0.3) is 0 Å². The highest BCUT2D eigenvalue weighted by molar-refractivity contribution is 5.25. The number of aliphatic hydroxyl groups is 1. The minimum absolute atomic E-state index is 0.250. The van der Waals surface area contributed by atoms with Crippen LogP contribution in [0.3, 0.4) is 0 Å². The van der Waals surface area contributed by atoms with E-state index in [9.17, 15) is 0 Å². The molecule has 0 saturated heterocycles. The van der Waals surface area contributed by atoms with Crippen molar-refractivity contribution in [2.45, 2.75) is 26.2 Å². The van der Waals surface area contributed by atoms with Crippen molar-refractivity contribution in [1.82, 2.24) is 0 Å². The minimum Gasteiger partial charge on any atom is -0.396 e. The Kier molecular flexibility index (Phi) is 3.30. The molecule has 1 heteroatoms. The van der Waals surface area contributed by atoms with Gasteiger partial charge in [0.1, 0.15) is 0 Å². The molecule has 66 valence electrons. The Morgan fingerprint density at radius 1 is 1.42 bits per heavy atom. The zero-order chi connectivity index (χ0) is 8.97. The van der Waals surface area contributed by atoms with E-state index in [1.165, 1.54) is 11.1 Å². The molecule has 1 aromatic rings. The standard InChI is InChI=1S/C11H16O/c1-3-10(8-12)11-6-4-5-9(2)7-11/h4-7,10,12H,3,8H2,1-2H3. The lowest BCUT2D eigenvalue weighted by Gasteiger charge is -2.11. The van der Waals surface area contributed by atoms with E-state index in [0.717, 1.165) is 6.42 Å². The third-order valence-corrected chi connectivity index (χ3v) is 2.23. The van der Waals surface area contributed by atoms with Crippen molar-refractivity contribution >= 4 is 0 Å². The molecular formula is C11H16O. The molecule has 0 aliphatic heterocycles. The fourth-order valence-electron chi connectivity index (χ4n) is 1.39. The first-order valence-electron chi connectivity index (χ1n) is 4.45. The van der Waals surface area contributed by atoms with Gasteiger partial charge < -0.3 is 5.11 Å². The maximum absolute atomic E-state index is 9.07. The molecule has 1 atom stereocenters. The summed E-state index contributed by atoms with van der Waals surface area (Å²) in [5, 5.41) is 9.07. The van der Waals surface area contributed by atoms with Crippen molar-refractivity contribution in [3.05, 3.63) is 35.4 Å². The molecule has 0 aromatic heterocycles. The average Bonchev–Trinajstić information content (AvgIpc) is 2.07. The number of aliphatic hydroxyl groups excluding tert-OH is 1. The van der Waals surface area contributed by atoms with Crippen LogP contribution in [0, 0.1) is 6.92 Å². The summed E-state index contributed by atoms with van der Waals surface area (Å²) in [5.74, 6) is 0.310. The van der Waals surface area contributed by atoms with Crippen molar-refractivity contribution in [3.63, 3.8) is 0 Å². The second-order valence-corrected chi connectivity index (χ2v) is 3.20. The van der Waals surface area contributed by atoms with Gasteiger partial charge in [0, 0.05) is 12.5 Å². The van der Waals surface area contributed by atoms with Gasteiger partial charge in [-0.2, -0.15) is 0 Å². The lowest BCUT2D eigenvalue weighted by atomic mass is 9.96. The lowest BCUT2D eigenvalue weighted by molar-refractivity contribution is 0.262. The molecular weight excluding hydrogens is 148 g/mol. The fraction of sp³-hybridized carbons (Fsp3) is 0.455. The molecule has 0 amide bonds. The van der Waals surface area contributed by atoms with Crippen LogP contribution in [-0.4, -0.2) is 11.7 Å². The Morgan fingerprint density at radius 3 is 2.67 bits per heavy atom. The Labute approximate surface area is 74.1 Å². The summed E-state index contributed by atoms with van der Waals surface area (Å²) in [6.07, 6.45) is 1.000. The average molecular weight is 164 g/mol. The van der Waals surface area contributed by atoms with Crippen LogP contribution in [0.5, 0.6) is 0 Å². The SMILES string of the molecule is CCC(CO)c1cccc(C)c1. The molecule has 0 saturated carbocycles. The van der Waals surface area contributed by atoms with Gasteiger partial charge in [-0.05, 0) is 18.9 Å². The molecule has 1 rings (SSSR count). The Bertz CT molecular complexity index is 239. The first-order valence-corrected chi connectivity index (χ1v) is 4.45. The van der Waals surface area contributed by atoms with Crippen LogP contribution >= 0.6 is 0 Å². The van der Waals surface area contributed by atoms with Crippen LogP contribution in [0.2, 0.25) is 0 Å². The van der Waals surface area contributed by atoms with Gasteiger partial charge in [0.2, 0.25) is 0 Å². The van der Waals surface area contributed by atoms with E-state index in [0.29, 0.717) is 5.92 Å². The van der Waals surface area contributed by atoms with Crippen LogP contribution in [0.1, 0.15) is 30.4 Å². The predicted molar refractivity (Wildman–Crippen MR) is 51.3 cm³/mol. The molecule has 1 unspecified atom stereocenters. The summed E-state index contributed by atoms with van der Waals surface area (Å²) < 4.78 is 0. The molecule has 1 aromatic carbocycles. The molecule has 0 radical (unpaired) electrons. The summed E-state index contributed by atoms with van der Waals surface area (Å²) in [5.41, 5.74) is 2.51. The monoisotopic (exact) mass is 164 g/mol. The second kappa shape index (κ2) is 4.27. The number of hydrogen-bond acceptors (Lipinski definition) is 1. The Hall–Kier alpha value is -0.820. The number of hydrogen-bond donors (Lipinski definition) is 1. The fourth-order valence-corrected chi connectivity index (χ4v) is 1.39. The molecule has 0 spiro atoms. The largest absolute Gasteiger partial charge is 0.396 e. The molecule has 0 heterocycles. The van der Waals surface area contributed by atoms with Crippen molar-refractivity contribution in [3.8, 4) is 0 Å². The molecule has 0 fully saturated rings. The van der Waals surface area contributed by atoms with Gasteiger partial charge in [-0.3, -0.25) is 0 Å². The summed E-state index contributed by atoms with van der Waals surface area (Å²) in [4.78, 5) is 0. The van der Waals surface area contributed by atoms with Gasteiger partial charge in [-0.15, -0.1) is 0 Å². The van der Waals surface area contributed by atoms with Gasteiger partial charge in [-0.25, -0.2) is 0 Å². The highest BCUT2D eigenvalue weighted by atomic mass is 16.3. The Balaban J connectivity index is 2.85. The molecule has 0 aliphatic rings. The van der Waals surface area contributed by atoms with E-state index in [1.54, 1.807) is 0 Å². The second-order valence-electron chi connectivity index (χ2n) is 3.20. The van der Waals surface area contributed by atoms with Crippen molar-refractivity contribution in [2.24, 2.45) is 0 Å². The van der Waals surface area contributed by atoms with Crippen molar-refractivity contribution in [1.29, 1.82) is 0 Å². The van der Waals surface area contributed by atoms with Crippen LogP contribution in [0.25, 0.3) is 0 Å². The first kappa shape index (κ1) is 9.27.